The van der Waals surface area contributed by atoms with Crippen molar-refractivity contribution in [3.63, 3.8) is 0 Å². The molecule has 1 aromatic carbocycles. The van der Waals surface area contributed by atoms with Crippen molar-refractivity contribution in [1.82, 2.24) is 5.32 Å². The first-order chi connectivity index (χ1) is 10.0. The number of benzene rings is 1. The van der Waals surface area contributed by atoms with Crippen molar-refractivity contribution >= 4 is 11.9 Å². The third-order valence-electron chi connectivity index (χ3n) is 3.04. The summed E-state index contributed by atoms with van der Waals surface area (Å²) in [5.74, 6) is -0.773. The lowest BCUT2D eigenvalue weighted by atomic mass is 10.1. The third kappa shape index (κ3) is 6.16. The van der Waals surface area contributed by atoms with Crippen LogP contribution < -0.4 is 10.1 Å². The van der Waals surface area contributed by atoms with Crippen LogP contribution in [-0.2, 0) is 4.79 Å². The molecule has 3 N–H and O–H groups in total. The van der Waals surface area contributed by atoms with Gasteiger partial charge in [0.2, 0.25) is 0 Å². The van der Waals surface area contributed by atoms with Crippen molar-refractivity contribution in [2.24, 2.45) is 0 Å². The van der Waals surface area contributed by atoms with Gasteiger partial charge in [0.05, 0.1) is 7.11 Å². The summed E-state index contributed by atoms with van der Waals surface area (Å²) in [5, 5.41) is 20.8. The lowest BCUT2D eigenvalue weighted by Gasteiger charge is -2.07. The molecule has 0 aliphatic heterocycles. The largest absolute Gasteiger partial charge is 0.504 e. The van der Waals surface area contributed by atoms with E-state index < -0.39 is 5.97 Å². The average Bonchev–Trinajstić information content (AvgIpc) is 2.45. The van der Waals surface area contributed by atoms with Gasteiger partial charge in [-0.25, -0.2) is 0 Å². The van der Waals surface area contributed by atoms with Crippen LogP contribution in [0.25, 0.3) is 0 Å². The van der Waals surface area contributed by atoms with E-state index in [0.717, 1.165) is 19.3 Å². The molecule has 0 spiro atoms. The molecule has 0 aromatic heterocycles. The van der Waals surface area contributed by atoms with Crippen LogP contribution >= 0.6 is 0 Å². The maximum atomic E-state index is 11.8. The van der Waals surface area contributed by atoms with Crippen molar-refractivity contribution in [2.75, 3.05) is 13.7 Å². The van der Waals surface area contributed by atoms with Gasteiger partial charge >= 0.3 is 5.97 Å². The molecule has 1 amide bonds. The molecular formula is C15H21NO5. The maximum absolute atomic E-state index is 11.8. The topological polar surface area (TPSA) is 95.9 Å². The van der Waals surface area contributed by atoms with Crippen LogP contribution in [0.5, 0.6) is 11.5 Å². The van der Waals surface area contributed by atoms with Crippen LogP contribution in [0, 0.1) is 0 Å². The number of phenolic OH excluding ortho intramolecular Hbond substituents is 1. The van der Waals surface area contributed by atoms with Gasteiger partial charge in [-0.1, -0.05) is 12.8 Å². The summed E-state index contributed by atoms with van der Waals surface area (Å²) in [6.45, 7) is 0.526. The first-order valence-corrected chi connectivity index (χ1v) is 6.91. The molecule has 116 valence electrons. The second-order valence-electron chi connectivity index (χ2n) is 4.70. The Morgan fingerprint density at radius 3 is 2.52 bits per heavy atom. The van der Waals surface area contributed by atoms with Gasteiger partial charge in [-0.2, -0.15) is 0 Å². The van der Waals surface area contributed by atoms with Gasteiger partial charge < -0.3 is 20.3 Å². The van der Waals surface area contributed by atoms with E-state index in [9.17, 15) is 14.7 Å². The average molecular weight is 295 g/mol. The number of carbonyl (C=O) groups is 2. The Bertz CT molecular complexity index is 487. The number of hydrogen-bond acceptors (Lipinski definition) is 4. The zero-order valence-electron chi connectivity index (χ0n) is 12.1. The van der Waals surface area contributed by atoms with Crippen molar-refractivity contribution in [3.8, 4) is 11.5 Å². The number of methoxy groups -OCH3 is 1. The molecule has 0 atom stereocenters. The number of aromatic hydroxyl groups is 1. The summed E-state index contributed by atoms with van der Waals surface area (Å²) in [4.78, 5) is 22.2. The molecule has 1 aromatic rings. The highest BCUT2D eigenvalue weighted by Crippen LogP contribution is 2.26. The molecule has 0 bridgehead atoms. The number of ether oxygens (including phenoxy) is 1. The summed E-state index contributed by atoms with van der Waals surface area (Å²) in [6, 6.07) is 4.48. The number of unbranched alkanes of at least 4 members (excludes halogenated alkanes) is 3. The van der Waals surface area contributed by atoms with Gasteiger partial charge in [0.25, 0.3) is 5.91 Å². The standard InChI is InChI=1S/C15H21NO5/c1-21-13-8-7-11(10-12(13)17)15(20)16-9-5-3-2-4-6-14(18)19/h7-8,10,17H,2-6,9H2,1H3,(H,16,20)(H,18,19). The molecule has 0 heterocycles. The smallest absolute Gasteiger partial charge is 0.303 e. The molecule has 0 fully saturated rings. The number of carbonyl (C=O) groups excluding carboxylic acids is 1. The Kier molecular flexibility index (Phi) is 7.08. The number of rotatable bonds is 9. The van der Waals surface area contributed by atoms with Gasteiger partial charge in [0, 0.05) is 18.5 Å². The van der Waals surface area contributed by atoms with Crippen LogP contribution in [0.3, 0.4) is 0 Å². The van der Waals surface area contributed by atoms with Crippen LogP contribution in [0.15, 0.2) is 18.2 Å². The van der Waals surface area contributed by atoms with Crippen LogP contribution in [0.1, 0.15) is 42.5 Å². The fraction of sp³-hybridized carbons (Fsp3) is 0.467. The fourth-order valence-electron chi connectivity index (χ4n) is 1.89. The fourth-order valence-corrected chi connectivity index (χ4v) is 1.89. The van der Waals surface area contributed by atoms with Crippen LogP contribution in [0.2, 0.25) is 0 Å². The zero-order valence-corrected chi connectivity index (χ0v) is 12.1. The van der Waals surface area contributed by atoms with E-state index in [0.29, 0.717) is 24.3 Å². The second-order valence-corrected chi connectivity index (χ2v) is 4.70. The van der Waals surface area contributed by atoms with Crippen LogP contribution in [0.4, 0.5) is 0 Å². The predicted molar refractivity (Wildman–Crippen MR) is 77.7 cm³/mol. The Balaban J connectivity index is 2.25. The quantitative estimate of drug-likeness (QED) is 0.607. The van der Waals surface area contributed by atoms with E-state index in [1.165, 1.54) is 19.2 Å². The SMILES string of the molecule is COc1ccc(C(=O)NCCCCCCC(=O)O)cc1O. The molecule has 0 saturated carbocycles. The summed E-state index contributed by atoms with van der Waals surface area (Å²) in [6.07, 6.45) is 3.37. The van der Waals surface area contributed by atoms with Crippen molar-refractivity contribution < 1.29 is 24.5 Å². The second kappa shape index (κ2) is 8.84. The maximum Gasteiger partial charge on any atom is 0.303 e. The molecule has 0 aliphatic rings. The number of amides is 1. The summed E-state index contributed by atoms with van der Waals surface area (Å²) in [5.41, 5.74) is 0.374. The minimum atomic E-state index is -0.775. The summed E-state index contributed by atoms with van der Waals surface area (Å²) < 4.78 is 4.91. The summed E-state index contributed by atoms with van der Waals surface area (Å²) >= 11 is 0. The number of nitrogens with one attached hydrogen (secondary N) is 1. The van der Waals surface area contributed by atoms with E-state index in [4.69, 9.17) is 9.84 Å². The predicted octanol–water partition coefficient (Wildman–Crippen LogP) is 2.17. The van der Waals surface area contributed by atoms with Gasteiger partial charge in [-0.15, -0.1) is 0 Å². The molecule has 0 unspecified atom stereocenters. The van der Waals surface area contributed by atoms with Gasteiger partial charge in [0.15, 0.2) is 11.5 Å². The highest BCUT2D eigenvalue weighted by Gasteiger charge is 2.08. The lowest BCUT2D eigenvalue weighted by molar-refractivity contribution is -0.137. The number of aliphatic carboxylic acids is 1. The molecule has 0 saturated heterocycles. The molecule has 6 heteroatoms. The number of phenols is 1. The first-order valence-electron chi connectivity index (χ1n) is 6.91. The molecule has 21 heavy (non-hydrogen) atoms. The van der Waals surface area contributed by atoms with E-state index in [1.54, 1.807) is 6.07 Å². The first kappa shape index (κ1) is 16.8. The monoisotopic (exact) mass is 295 g/mol. The minimum Gasteiger partial charge on any atom is -0.504 e. The van der Waals surface area contributed by atoms with Crippen molar-refractivity contribution in [1.29, 1.82) is 0 Å². The number of carboxylic acids is 1. The Hall–Kier alpha value is -2.24. The normalized spacial score (nSPS) is 10.1. The van der Waals surface area contributed by atoms with Gasteiger partial charge in [0.1, 0.15) is 0 Å². The molecule has 1 rings (SSSR count). The molecule has 6 nitrogen and oxygen atoms in total. The van der Waals surface area contributed by atoms with Gasteiger partial charge in [-0.3, -0.25) is 9.59 Å². The third-order valence-corrected chi connectivity index (χ3v) is 3.04. The van der Waals surface area contributed by atoms with E-state index in [2.05, 4.69) is 5.32 Å². The summed E-state index contributed by atoms with van der Waals surface area (Å²) in [7, 11) is 1.44. The minimum absolute atomic E-state index is 0.0705. The van der Waals surface area contributed by atoms with Crippen LogP contribution in [-0.4, -0.2) is 35.7 Å². The van der Waals surface area contributed by atoms with E-state index in [1.807, 2.05) is 0 Å². The Labute approximate surface area is 123 Å². The Morgan fingerprint density at radius 1 is 1.19 bits per heavy atom. The van der Waals surface area contributed by atoms with E-state index >= 15 is 0 Å². The zero-order chi connectivity index (χ0) is 15.7. The highest BCUT2D eigenvalue weighted by molar-refractivity contribution is 5.94. The van der Waals surface area contributed by atoms with Crippen molar-refractivity contribution in [2.45, 2.75) is 32.1 Å². The number of hydrogen-bond donors (Lipinski definition) is 3. The highest BCUT2D eigenvalue weighted by atomic mass is 16.5. The Morgan fingerprint density at radius 2 is 1.90 bits per heavy atom. The lowest BCUT2D eigenvalue weighted by Crippen LogP contribution is -2.24. The van der Waals surface area contributed by atoms with Crippen molar-refractivity contribution in [3.05, 3.63) is 23.8 Å². The molecular weight excluding hydrogens is 274 g/mol. The number of carboxylic acid groups (broad SMARTS) is 1. The molecule has 0 aliphatic carbocycles. The van der Waals surface area contributed by atoms with Gasteiger partial charge in [-0.05, 0) is 31.0 Å². The molecule has 0 radical (unpaired) electrons. The van der Waals surface area contributed by atoms with E-state index in [-0.39, 0.29) is 18.1 Å².